The number of benzene rings is 2. The number of aromatic nitrogens is 1. The first-order valence-corrected chi connectivity index (χ1v) is 8.93. The molecular weight excluding hydrogens is 380 g/mol. The summed E-state index contributed by atoms with van der Waals surface area (Å²) in [6, 6.07) is 15.2. The maximum Gasteiger partial charge on any atom is 0.252 e. The van der Waals surface area contributed by atoms with E-state index in [-0.39, 0.29) is 5.91 Å². The highest BCUT2D eigenvalue weighted by molar-refractivity contribution is 9.10. The Labute approximate surface area is 155 Å². The maximum atomic E-state index is 12.5. The summed E-state index contributed by atoms with van der Waals surface area (Å²) in [6.07, 6.45) is 1.68. The van der Waals surface area contributed by atoms with Crippen molar-refractivity contribution >= 4 is 21.8 Å². The molecule has 3 aromatic rings. The van der Waals surface area contributed by atoms with E-state index in [0.717, 1.165) is 10.0 Å². The van der Waals surface area contributed by atoms with E-state index < -0.39 is 0 Å². The number of hydrogen-bond acceptors (Lipinski definition) is 3. The molecule has 1 aromatic heterocycles. The van der Waals surface area contributed by atoms with Crippen LogP contribution in [0.25, 0.3) is 22.8 Å². The summed E-state index contributed by atoms with van der Waals surface area (Å²) in [5.74, 6) is 1.38. The molecule has 1 N–H and O–H groups in total. The molecule has 25 heavy (non-hydrogen) atoms. The van der Waals surface area contributed by atoms with Crippen LogP contribution in [0.15, 0.2) is 63.6 Å². The van der Waals surface area contributed by atoms with Gasteiger partial charge in [0.15, 0.2) is 5.76 Å². The van der Waals surface area contributed by atoms with Gasteiger partial charge in [-0.1, -0.05) is 54.0 Å². The van der Waals surface area contributed by atoms with Crippen LogP contribution in [0.1, 0.15) is 24.2 Å². The molecule has 1 heterocycles. The van der Waals surface area contributed by atoms with Gasteiger partial charge in [0.1, 0.15) is 0 Å². The number of carbonyl (C=O) groups excluding carboxylic acids is 1. The van der Waals surface area contributed by atoms with Crippen LogP contribution >= 0.6 is 15.9 Å². The molecular formula is C20H19BrN2O2. The average molecular weight is 399 g/mol. The molecule has 0 saturated heterocycles. The van der Waals surface area contributed by atoms with Crippen molar-refractivity contribution in [3.63, 3.8) is 0 Å². The lowest BCUT2D eigenvalue weighted by Crippen LogP contribution is -2.27. The zero-order chi connectivity index (χ0) is 17.8. The summed E-state index contributed by atoms with van der Waals surface area (Å²) in [5, 5.41) is 2.94. The summed E-state index contributed by atoms with van der Waals surface area (Å²) in [5.41, 5.74) is 2.18. The van der Waals surface area contributed by atoms with E-state index in [9.17, 15) is 4.79 Å². The number of nitrogens with zero attached hydrogens (tertiary/aromatic N) is 1. The zero-order valence-electron chi connectivity index (χ0n) is 14.1. The highest BCUT2D eigenvalue weighted by Gasteiger charge is 2.16. The third-order valence-electron chi connectivity index (χ3n) is 3.71. The number of hydrogen-bond donors (Lipinski definition) is 1. The van der Waals surface area contributed by atoms with E-state index in [2.05, 4.69) is 40.1 Å². The van der Waals surface area contributed by atoms with Gasteiger partial charge in [-0.2, -0.15) is 0 Å². The second-order valence-corrected chi connectivity index (χ2v) is 7.10. The van der Waals surface area contributed by atoms with Crippen LogP contribution in [0, 0.1) is 5.92 Å². The molecule has 128 valence electrons. The second kappa shape index (κ2) is 7.66. The molecule has 0 unspecified atom stereocenters. The van der Waals surface area contributed by atoms with E-state index in [0.29, 0.717) is 35.2 Å². The molecule has 1 amide bonds. The molecule has 0 fully saturated rings. The monoisotopic (exact) mass is 398 g/mol. The molecule has 0 spiro atoms. The van der Waals surface area contributed by atoms with E-state index in [4.69, 9.17) is 4.42 Å². The summed E-state index contributed by atoms with van der Waals surface area (Å²) < 4.78 is 6.91. The molecule has 3 rings (SSSR count). The Hall–Kier alpha value is -2.40. The fourth-order valence-electron chi connectivity index (χ4n) is 2.41. The van der Waals surface area contributed by atoms with Crippen molar-refractivity contribution in [3.8, 4) is 22.8 Å². The predicted molar refractivity (Wildman–Crippen MR) is 102 cm³/mol. The summed E-state index contributed by atoms with van der Waals surface area (Å²) >= 11 is 3.42. The van der Waals surface area contributed by atoms with Crippen molar-refractivity contribution in [1.82, 2.24) is 10.3 Å². The molecule has 0 aliphatic heterocycles. The Balaban J connectivity index is 1.90. The van der Waals surface area contributed by atoms with Crippen molar-refractivity contribution in [2.75, 3.05) is 6.54 Å². The van der Waals surface area contributed by atoms with Gasteiger partial charge in [0.05, 0.1) is 11.8 Å². The minimum absolute atomic E-state index is 0.118. The van der Waals surface area contributed by atoms with Crippen LogP contribution < -0.4 is 5.32 Å². The molecule has 0 aliphatic rings. The van der Waals surface area contributed by atoms with Gasteiger partial charge < -0.3 is 9.73 Å². The molecule has 4 nitrogen and oxygen atoms in total. The lowest BCUT2D eigenvalue weighted by atomic mass is 10.1. The highest BCUT2D eigenvalue weighted by atomic mass is 79.9. The summed E-state index contributed by atoms with van der Waals surface area (Å²) in [7, 11) is 0. The number of carbonyl (C=O) groups is 1. The minimum atomic E-state index is -0.118. The molecule has 5 heteroatoms. The third kappa shape index (κ3) is 4.17. The highest BCUT2D eigenvalue weighted by Crippen LogP contribution is 2.28. The smallest absolute Gasteiger partial charge is 0.252 e. The molecule has 0 atom stereocenters. The van der Waals surface area contributed by atoms with Crippen molar-refractivity contribution in [2.45, 2.75) is 13.8 Å². The number of rotatable bonds is 5. The van der Waals surface area contributed by atoms with Gasteiger partial charge in [-0.15, -0.1) is 0 Å². The molecule has 0 saturated carbocycles. The Kier molecular flexibility index (Phi) is 5.34. The van der Waals surface area contributed by atoms with Gasteiger partial charge >= 0.3 is 0 Å². The van der Waals surface area contributed by atoms with Crippen LogP contribution in [0.4, 0.5) is 0 Å². The van der Waals surface area contributed by atoms with Crippen molar-refractivity contribution in [2.24, 2.45) is 5.92 Å². The lowest BCUT2D eigenvalue weighted by Gasteiger charge is -2.09. The fourth-order valence-corrected chi connectivity index (χ4v) is 2.67. The van der Waals surface area contributed by atoms with Crippen LogP contribution in [0.5, 0.6) is 0 Å². The zero-order valence-corrected chi connectivity index (χ0v) is 15.7. The lowest BCUT2D eigenvalue weighted by molar-refractivity contribution is 0.0949. The van der Waals surface area contributed by atoms with E-state index >= 15 is 0 Å². The Bertz CT molecular complexity index is 869. The van der Waals surface area contributed by atoms with Crippen LogP contribution in [0.2, 0.25) is 0 Å². The Morgan fingerprint density at radius 2 is 1.88 bits per heavy atom. The van der Waals surface area contributed by atoms with Crippen molar-refractivity contribution in [1.29, 1.82) is 0 Å². The molecule has 0 aliphatic carbocycles. The fraction of sp³-hybridized carbons (Fsp3) is 0.200. The quantitative estimate of drug-likeness (QED) is 0.645. The largest absolute Gasteiger partial charge is 0.436 e. The van der Waals surface area contributed by atoms with Gasteiger partial charge in [0, 0.05) is 22.1 Å². The predicted octanol–water partition coefficient (Wildman–Crippen LogP) is 5.16. The molecule has 0 bridgehead atoms. The van der Waals surface area contributed by atoms with Crippen molar-refractivity contribution in [3.05, 3.63) is 64.8 Å². The van der Waals surface area contributed by atoms with Crippen LogP contribution in [0.3, 0.4) is 0 Å². The van der Waals surface area contributed by atoms with E-state index in [1.807, 2.05) is 42.5 Å². The SMILES string of the molecule is CC(C)CNC(=O)c1ccccc1-c1ncc(-c2ccc(Br)cc2)o1. The number of oxazole rings is 1. The van der Waals surface area contributed by atoms with Gasteiger partial charge in [-0.05, 0) is 30.2 Å². The summed E-state index contributed by atoms with van der Waals surface area (Å²) in [4.78, 5) is 16.8. The molecule has 2 aromatic carbocycles. The number of halogens is 1. The number of nitrogens with one attached hydrogen (secondary N) is 1. The van der Waals surface area contributed by atoms with E-state index in [1.165, 1.54) is 0 Å². The first-order valence-electron chi connectivity index (χ1n) is 8.14. The second-order valence-electron chi connectivity index (χ2n) is 6.19. The van der Waals surface area contributed by atoms with Gasteiger partial charge in [0.25, 0.3) is 5.91 Å². The van der Waals surface area contributed by atoms with Crippen LogP contribution in [-0.2, 0) is 0 Å². The Morgan fingerprint density at radius 1 is 1.16 bits per heavy atom. The minimum Gasteiger partial charge on any atom is -0.436 e. The third-order valence-corrected chi connectivity index (χ3v) is 4.24. The van der Waals surface area contributed by atoms with Crippen molar-refractivity contribution < 1.29 is 9.21 Å². The van der Waals surface area contributed by atoms with Gasteiger partial charge in [-0.25, -0.2) is 4.98 Å². The van der Waals surface area contributed by atoms with Gasteiger partial charge in [0.2, 0.25) is 5.89 Å². The standard InChI is InChI=1S/C20H19BrN2O2/c1-13(2)11-22-19(24)16-5-3-4-6-17(16)20-23-12-18(25-20)14-7-9-15(21)10-8-14/h3-10,12-13H,11H2,1-2H3,(H,22,24). The average Bonchev–Trinajstić information content (AvgIpc) is 3.10. The number of amides is 1. The maximum absolute atomic E-state index is 12.5. The summed E-state index contributed by atoms with van der Waals surface area (Å²) in [6.45, 7) is 4.75. The first kappa shape index (κ1) is 17.4. The topological polar surface area (TPSA) is 55.1 Å². The molecule has 0 radical (unpaired) electrons. The van der Waals surface area contributed by atoms with Crippen LogP contribution in [-0.4, -0.2) is 17.4 Å². The normalized spacial score (nSPS) is 10.9. The van der Waals surface area contributed by atoms with E-state index in [1.54, 1.807) is 12.3 Å². The first-order chi connectivity index (χ1) is 12.0. The van der Waals surface area contributed by atoms with Gasteiger partial charge in [-0.3, -0.25) is 4.79 Å². The Morgan fingerprint density at radius 3 is 2.60 bits per heavy atom.